The lowest BCUT2D eigenvalue weighted by Crippen LogP contribution is -2.30. The molecule has 49 heavy (non-hydrogen) atoms. The van der Waals surface area contributed by atoms with Gasteiger partial charge in [-0.1, -0.05) is 0 Å². The molecule has 9 rings (SSSR count). The molecule has 8 nitrogen and oxygen atoms in total. The first-order valence-electron chi connectivity index (χ1n) is 16.1. The van der Waals surface area contributed by atoms with Crippen molar-refractivity contribution in [1.82, 2.24) is 34.9 Å². The molecule has 0 saturated carbocycles. The van der Waals surface area contributed by atoms with Gasteiger partial charge in [0.2, 0.25) is 0 Å². The number of aromatic nitrogens is 8. The van der Waals surface area contributed by atoms with Crippen molar-refractivity contribution in [2.45, 2.75) is 6.92 Å². The van der Waals surface area contributed by atoms with Crippen LogP contribution >= 0.6 is 0 Å². The Hall–Kier alpha value is -6.80. The van der Waals surface area contributed by atoms with Gasteiger partial charge in [0.25, 0.3) is 5.69 Å². The number of aryl methyl sites for hydroxylation is 1. The van der Waals surface area contributed by atoms with Crippen LogP contribution in [0.1, 0.15) is 28.3 Å². The summed E-state index contributed by atoms with van der Waals surface area (Å²) in [4.78, 5) is 31.0. The molecule has 8 bridgehead atoms. The van der Waals surface area contributed by atoms with Crippen LogP contribution in [0.4, 0.5) is 0 Å². The fourth-order valence-corrected chi connectivity index (χ4v) is 6.58. The second-order valence-corrected chi connectivity index (χ2v) is 12.0. The molecule has 232 valence electrons. The molecule has 0 fully saturated rings. The first-order chi connectivity index (χ1) is 24.2. The van der Waals surface area contributed by atoms with E-state index in [1.54, 1.807) is 0 Å². The van der Waals surface area contributed by atoms with E-state index in [0.717, 1.165) is 83.9 Å². The number of pyridine rings is 4. The predicted octanol–water partition coefficient (Wildman–Crippen LogP) is 8.43. The lowest BCUT2D eigenvalue weighted by Gasteiger charge is -2.05. The zero-order chi connectivity index (χ0) is 32.7. The van der Waals surface area contributed by atoms with Gasteiger partial charge in [-0.2, -0.15) is 4.57 Å². The zero-order valence-electron chi connectivity index (χ0n) is 26.5. The Morgan fingerprint density at radius 1 is 0.429 bits per heavy atom. The summed E-state index contributed by atoms with van der Waals surface area (Å²) >= 11 is 0. The van der Waals surface area contributed by atoms with E-state index in [1.807, 2.05) is 73.6 Å². The molecule has 2 aliphatic heterocycles. The van der Waals surface area contributed by atoms with Crippen LogP contribution in [-0.2, 0) is 0 Å². The van der Waals surface area contributed by atoms with Crippen LogP contribution in [-0.4, -0.2) is 34.9 Å². The van der Waals surface area contributed by atoms with E-state index in [1.165, 1.54) is 5.56 Å². The highest BCUT2D eigenvalue weighted by Gasteiger charge is 2.21. The number of nitrogens with zero attached hydrogens (tertiary/aromatic N) is 6. The molecule has 7 aromatic heterocycles. The highest BCUT2D eigenvalue weighted by molar-refractivity contribution is 5.98. The number of hydrogen-bond donors (Lipinski definition) is 2. The minimum atomic E-state index is 0.839. The Morgan fingerprint density at radius 2 is 0.796 bits per heavy atom. The molecule has 0 saturated heterocycles. The molecule has 2 aliphatic rings. The molecule has 9 heterocycles. The number of fused-ring (bicyclic) bond motifs is 8. The standard InChI is InChI=1S/C41H29N8/c1-26-16-24-49(25-17-26)41-36-8-6-34(47-36)39(28-12-20-43-21-13-28)32-4-2-30(45-32)38(27-10-18-42-19-11-27)31-3-5-33(46-31)40(29-14-22-44-23-15-29)35-7-9-37(41)48-35/h2-25,45,48H,1H3/q+1. The second-order valence-electron chi connectivity index (χ2n) is 12.0. The lowest BCUT2D eigenvalue weighted by molar-refractivity contribution is -0.594. The van der Waals surface area contributed by atoms with Crippen LogP contribution in [0.2, 0.25) is 0 Å². The van der Waals surface area contributed by atoms with Crippen molar-refractivity contribution >= 4 is 46.4 Å². The zero-order valence-corrected chi connectivity index (χ0v) is 26.5. The molecular formula is C41H29N8+. The summed E-state index contributed by atoms with van der Waals surface area (Å²) in [6.07, 6.45) is 23.4. The van der Waals surface area contributed by atoms with Crippen molar-refractivity contribution in [2.75, 3.05) is 0 Å². The van der Waals surface area contributed by atoms with Gasteiger partial charge in [0.05, 0.1) is 17.1 Å². The van der Waals surface area contributed by atoms with Gasteiger partial charge in [0.15, 0.2) is 12.4 Å². The fraction of sp³-hybridized carbons (Fsp3) is 0.0244. The summed E-state index contributed by atoms with van der Waals surface area (Å²) < 4.78 is 2.12. The van der Waals surface area contributed by atoms with Crippen LogP contribution in [0.5, 0.6) is 0 Å². The van der Waals surface area contributed by atoms with Crippen molar-refractivity contribution in [3.05, 3.63) is 151 Å². The van der Waals surface area contributed by atoms with Gasteiger partial charge < -0.3 is 9.97 Å². The molecule has 0 aromatic carbocycles. The summed E-state index contributed by atoms with van der Waals surface area (Å²) in [5.41, 5.74) is 15.2. The average molecular weight is 634 g/mol. The quantitative estimate of drug-likeness (QED) is 0.190. The Labute approximate surface area is 281 Å². The molecular weight excluding hydrogens is 605 g/mol. The van der Waals surface area contributed by atoms with E-state index in [0.29, 0.717) is 0 Å². The van der Waals surface area contributed by atoms with Crippen LogP contribution in [0.3, 0.4) is 0 Å². The van der Waals surface area contributed by atoms with Crippen molar-refractivity contribution in [3.63, 3.8) is 0 Å². The molecule has 8 heteroatoms. The summed E-state index contributed by atoms with van der Waals surface area (Å²) in [6.45, 7) is 2.09. The summed E-state index contributed by atoms with van der Waals surface area (Å²) in [5, 5.41) is 0. The summed E-state index contributed by atoms with van der Waals surface area (Å²) in [6, 6.07) is 24.8. The maximum absolute atomic E-state index is 5.31. The Balaban J connectivity index is 1.48. The normalized spacial score (nSPS) is 12.0. The van der Waals surface area contributed by atoms with Gasteiger partial charge in [-0.3, -0.25) is 15.0 Å². The molecule has 0 amide bonds. The van der Waals surface area contributed by atoms with E-state index in [2.05, 4.69) is 110 Å². The third kappa shape index (κ3) is 5.12. The highest BCUT2D eigenvalue weighted by atomic mass is 15.0. The average Bonchev–Trinajstić information content (AvgIpc) is 3.98. The molecule has 7 aromatic rings. The maximum atomic E-state index is 5.31. The van der Waals surface area contributed by atoms with Crippen molar-refractivity contribution in [2.24, 2.45) is 0 Å². The van der Waals surface area contributed by atoms with Crippen molar-refractivity contribution in [3.8, 4) is 39.1 Å². The molecule has 0 aliphatic carbocycles. The van der Waals surface area contributed by atoms with E-state index in [4.69, 9.17) is 9.97 Å². The summed E-state index contributed by atoms with van der Waals surface area (Å²) in [5.74, 6) is 0. The number of hydrogen-bond acceptors (Lipinski definition) is 5. The predicted molar refractivity (Wildman–Crippen MR) is 195 cm³/mol. The highest BCUT2D eigenvalue weighted by Crippen LogP contribution is 2.36. The SMILES string of the molecule is Cc1cc[n+](-c2c3nc(c(-c4ccncc4)c4ccc([nH]4)c(-c4ccncc4)c4nc(c(-c5ccncc5)c5ccc2[nH]5)C=C4)C=C3)cc1. The second kappa shape index (κ2) is 11.8. The van der Waals surface area contributed by atoms with Crippen LogP contribution < -0.4 is 4.57 Å². The lowest BCUT2D eigenvalue weighted by atomic mass is 10.1. The van der Waals surface area contributed by atoms with Crippen molar-refractivity contribution in [1.29, 1.82) is 0 Å². The van der Waals surface area contributed by atoms with Gasteiger partial charge >= 0.3 is 0 Å². The van der Waals surface area contributed by atoms with Gasteiger partial charge in [-0.15, -0.1) is 0 Å². The van der Waals surface area contributed by atoms with E-state index in [-0.39, 0.29) is 0 Å². The molecule has 0 unspecified atom stereocenters. The molecule has 2 N–H and O–H groups in total. The Bertz CT molecular complexity index is 2550. The minimum absolute atomic E-state index is 0.839. The monoisotopic (exact) mass is 633 g/mol. The molecule has 0 atom stereocenters. The number of nitrogens with one attached hydrogen (secondary N) is 2. The maximum Gasteiger partial charge on any atom is 0.260 e. The Kier molecular flexibility index (Phi) is 6.83. The van der Waals surface area contributed by atoms with E-state index < -0.39 is 0 Å². The smallest absolute Gasteiger partial charge is 0.260 e. The molecule has 0 spiro atoms. The van der Waals surface area contributed by atoms with Gasteiger partial charge in [0.1, 0.15) is 11.2 Å². The first kappa shape index (κ1) is 28.4. The summed E-state index contributed by atoms with van der Waals surface area (Å²) in [7, 11) is 0. The van der Waals surface area contributed by atoms with Crippen LogP contribution in [0.15, 0.2) is 122 Å². The third-order valence-corrected chi connectivity index (χ3v) is 8.89. The number of H-pyrrole nitrogens is 2. The minimum Gasteiger partial charge on any atom is -0.354 e. The van der Waals surface area contributed by atoms with Crippen LogP contribution in [0.25, 0.3) is 85.4 Å². The van der Waals surface area contributed by atoms with Crippen LogP contribution in [0, 0.1) is 6.92 Å². The number of aromatic amines is 2. The first-order valence-corrected chi connectivity index (χ1v) is 16.1. The van der Waals surface area contributed by atoms with Crippen molar-refractivity contribution < 1.29 is 4.57 Å². The largest absolute Gasteiger partial charge is 0.354 e. The van der Waals surface area contributed by atoms with Gasteiger partial charge in [-0.25, -0.2) is 9.97 Å². The number of rotatable bonds is 4. The van der Waals surface area contributed by atoms with Gasteiger partial charge in [0, 0.05) is 82.6 Å². The fourth-order valence-electron chi connectivity index (χ4n) is 6.58. The third-order valence-electron chi connectivity index (χ3n) is 8.89. The molecule has 0 radical (unpaired) electrons. The van der Waals surface area contributed by atoms with E-state index in [9.17, 15) is 0 Å². The van der Waals surface area contributed by atoms with E-state index >= 15 is 0 Å². The Morgan fingerprint density at radius 3 is 1.24 bits per heavy atom. The van der Waals surface area contributed by atoms with Gasteiger partial charge in [-0.05, 0) is 114 Å². The topological polar surface area (TPSA) is 99.9 Å².